The number of carbonyl (C=O) groups excluding carboxylic acids is 1. The molecule has 1 fully saturated rings. The molecule has 0 heterocycles. The lowest BCUT2D eigenvalue weighted by Crippen LogP contribution is -2.17. The predicted molar refractivity (Wildman–Crippen MR) is 93.6 cm³/mol. The normalized spacial score (nSPS) is 22.0. The van der Waals surface area contributed by atoms with E-state index in [1.54, 1.807) is 0 Å². The molecule has 1 saturated carbocycles. The number of Topliss-reactive ketones (excluding diaryl/α,β-unsaturated/α-hetero) is 1. The fourth-order valence-electron chi connectivity index (χ4n) is 3.60. The molecule has 0 aromatic heterocycles. The quantitative estimate of drug-likeness (QED) is 0.668. The molecule has 0 bridgehead atoms. The van der Waals surface area contributed by atoms with Crippen LogP contribution in [0.1, 0.15) is 73.7 Å². The Kier molecular flexibility index (Phi) is 6.63. The van der Waals surface area contributed by atoms with Crippen molar-refractivity contribution in [2.75, 3.05) is 20.6 Å². The maximum Gasteiger partial charge on any atom is 0.164 e. The molecule has 22 heavy (non-hydrogen) atoms. The van der Waals surface area contributed by atoms with Crippen LogP contribution < -0.4 is 0 Å². The lowest BCUT2D eigenvalue weighted by atomic mass is 9.77. The first kappa shape index (κ1) is 17.2. The standard InChI is InChI=1S/C20H31NO/c1-4-5-16-6-8-17(9-7-16)18-10-12-19(13-11-18)20(22)14-15-21(2)3/h10-13,16-17H,4-9,14-15H2,1-3H3. The monoisotopic (exact) mass is 301 g/mol. The van der Waals surface area contributed by atoms with Gasteiger partial charge in [0.1, 0.15) is 0 Å². The topological polar surface area (TPSA) is 20.3 Å². The van der Waals surface area contributed by atoms with Gasteiger partial charge in [-0.3, -0.25) is 4.79 Å². The number of rotatable bonds is 7. The fourth-order valence-corrected chi connectivity index (χ4v) is 3.60. The Bertz CT molecular complexity index is 455. The Balaban J connectivity index is 1.88. The number of ketones is 1. The van der Waals surface area contributed by atoms with Crippen molar-refractivity contribution in [3.63, 3.8) is 0 Å². The second-order valence-corrected chi connectivity index (χ2v) is 7.10. The summed E-state index contributed by atoms with van der Waals surface area (Å²) in [4.78, 5) is 14.2. The van der Waals surface area contributed by atoms with Gasteiger partial charge >= 0.3 is 0 Å². The molecule has 122 valence electrons. The number of benzene rings is 1. The van der Waals surface area contributed by atoms with E-state index in [2.05, 4.69) is 24.0 Å². The van der Waals surface area contributed by atoms with Gasteiger partial charge in [0, 0.05) is 18.5 Å². The van der Waals surface area contributed by atoms with Gasteiger partial charge in [0.25, 0.3) is 0 Å². The first-order valence-corrected chi connectivity index (χ1v) is 8.88. The van der Waals surface area contributed by atoms with Gasteiger partial charge in [-0.05, 0) is 57.2 Å². The largest absolute Gasteiger partial charge is 0.309 e. The number of hydrogen-bond donors (Lipinski definition) is 0. The Morgan fingerprint density at radius 3 is 2.27 bits per heavy atom. The van der Waals surface area contributed by atoms with Crippen LogP contribution in [-0.4, -0.2) is 31.3 Å². The minimum atomic E-state index is 0.256. The summed E-state index contributed by atoms with van der Waals surface area (Å²) in [5, 5.41) is 0. The Hall–Kier alpha value is -1.15. The predicted octanol–water partition coefficient (Wildman–Crippen LogP) is 4.89. The smallest absolute Gasteiger partial charge is 0.164 e. The van der Waals surface area contributed by atoms with Crippen molar-refractivity contribution in [3.8, 4) is 0 Å². The molecule has 0 radical (unpaired) electrons. The summed E-state index contributed by atoms with van der Waals surface area (Å²) < 4.78 is 0. The highest BCUT2D eigenvalue weighted by Gasteiger charge is 2.21. The van der Waals surface area contributed by atoms with Crippen LogP contribution in [-0.2, 0) is 0 Å². The van der Waals surface area contributed by atoms with E-state index in [1.165, 1.54) is 44.1 Å². The molecular weight excluding hydrogens is 270 g/mol. The van der Waals surface area contributed by atoms with Crippen molar-refractivity contribution in [3.05, 3.63) is 35.4 Å². The van der Waals surface area contributed by atoms with Gasteiger partial charge in [0.2, 0.25) is 0 Å². The van der Waals surface area contributed by atoms with Crippen LogP contribution >= 0.6 is 0 Å². The van der Waals surface area contributed by atoms with Crippen molar-refractivity contribution < 1.29 is 4.79 Å². The highest BCUT2D eigenvalue weighted by molar-refractivity contribution is 5.96. The zero-order chi connectivity index (χ0) is 15.9. The summed E-state index contributed by atoms with van der Waals surface area (Å²) >= 11 is 0. The van der Waals surface area contributed by atoms with Crippen LogP contribution in [0.15, 0.2) is 24.3 Å². The van der Waals surface area contributed by atoms with Gasteiger partial charge in [-0.1, -0.05) is 44.0 Å². The van der Waals surface area contributed by atoms with E-state index in [1.807, 2.05) is 26.2 Å². The molecule has 0 N–H and O–H groups in total. The van der Waals surface area contributed by atoms with Crippen LogP contribution in [0.5, 0.6) is 0 Å². The van der Waals surface area contributed by atoms with E-state index in [0.29, 0.717) is 12.3 Å². The van der Waals surface area contributed by atoms with Crippen molar-refractivity contribution in [1.29, 1.82) is 0 Å². The average Bonchev–Trinajstić information content (AvgIpc) is 2.54. The molecule has 1 aromatic rings. The van der Waals surface area contributed by atoms with Crippen LogP contribution in [0.2, 0.25) is 0 Å². The first-order chi connectivity index (χ1) is 10.6. The second-order valence-electron chi connectivity index (χ2n) is 7.10. The van der Waals surface area contributed by atoms with Crippen molar-refractivity contribution >= 4 is 5.78 Å². The van der Waals surface area contributed by atoms with E-state index in [-0.39, 0.29) is 5.78 Å². The number of hydrogen-bond acceptors (Lipinski definition) is 2. The molecule has 1 aromatic carbocycles. The van der Waals surface area contributed by atoms with E-state index >= 15 is 0 Å². The van der Waals surface area contributed by atoms with Gasteiger partial charge in [0.05, 0.1) is 0 Å². The third kappa shape index (κ3) is 4.95. The van der Waals surface area contributed by atoms with E-state index < -0.39 is 0 Å². The third-order valence-corrected chi connectivity index (χ3v) is 5.03. The summed E-state index contributed by atoms with van der Waals surface area (Å²) in [7, 11) is 4.01. The van der Waals surface area contributed by atoms with E-state index in [9.17, 15) is 4.79 Å². The molecular formula is C20H31NO. The second kappa shape index (κ2) is 8.47. The molecule has 1 aliphatic rings. The molecule has 2 heteroatoms. The van der Waals surface area contributed by atoms with Crippen molar-refractivity contribution in [1.82, 2.24) is 4.90 Å². The average molecular weight is 301 g/mol. The fraction of sp³-hybridized carbons (Fsp3) is 0.650. The highest BCUT2D eigenvalue weighted by atomic mass is 16.1. The van der Waals surface area contributed by atoms with Crippen LogP contribution in [0.4, 0.5) is 0 Å². The summed E-state index contributed by atoms with van der Waals surface area (Å²) in [6.45, 7) is 3.11. The third-order valence-electron chi connectivity index (χ3n) is 5.03. The summed E-state index contributed by atoms with van der Waals surface area (Å²) in [5.74, 6) is 1.92. The van der Waals surface area contributed by atoms with Crippen molar-refractivity contribution in [2.24, 2.45) is 5.92 Å². The van der Waals surface area contributed by atoms with E-state index in [4.69, 9.17) is 0 Å². The Morgan fingerprint density at radius 2 is 1.73 bits per heavy atom. The Morgan fingerprint density at radius 1 is 1.09 bits per heavy atom. The molecule has 0 atom stereocenters. The van der Waals surface area contributed by atoms with Gasteiger partial charge in [0.15, 0.2) is 5.78 Å². The molecule has 0 aliphatic heterocycles. The SMILES string of the molecule is CCCC1CCC(c2ccc(C(=O)CCN(C)C)cc2)CC1. The van der Waals surface area contributed by atoms with Gasteiger partial charge in [-0.15, -0.1) is 0 Å². The maximum atomic E-state index is 12.1. The molecule has 2 rings (SSSR count). The summed E-state index contributed by atoms with van der Waals surface area (Å²) in [6.07, 6.45) is 8.71. The molecule has 0 amide bonds. The molecule has 0 saturated heterocycles. The van der Waals surface area contributed by atoms with E-state index in [0.717, 1.165) is 18.0 Å². The first-order valence-electron chi connectivity index (χ1n) is 8.88. The number of carbonyl (C=O) groups is 1. The minimum absolute atomic E-state index is 0.256. The van der Waals surface area contributed by atoms with Crippen molar-refractivity contribution in [2.45, 2.75) is 57.8 Å². The summed E-state index contributed by atoms with van der Waals surface area (Å²) in [6, 6.07) is 8.44. The molecule has 0 spiro atoms. The molecule has 1 aliphatic carbocycles. The van der Waals surface area contributed by atoms with Crippen LogP contribution in [0.25, 0.3) is 0 Å². The Labute approximate surface area is 135 Å². The molecule has 0 unspecified atom stereocenters. The molecule has 2 nitrogen and oxygen atoms in total. The summed E-state index contributed by atoms with van der Waals surface area (Å²) in [5.41, 5.74) is 2.30. The highest BCUT2D eigenvalue weighted by Crippen LogP contribution is 2.37. The lowest BCUT2D eigenvalue weighted by molar-refractivity contribution is 0.0972. The number of nitrogens with zero attached hydrogens (tertiary/aromatic N) is 1. The zero-order valence-corrected chi connectivity index (χ0v) is 14.5. The maximum absolute atomic E-state index is 12.1. The zero-order valence-electron chi connectivity index (χ0n) is 14.5. The minimum Gasteiger partial charge on any atom is -0.309 e. The van der Waals surface area contributed by atoms with Crippen LogP contribution in [0.3, 0.4) is 0 Å². The van der Waals surface area contributed by atoms with Gasteiger partial charge in [-0.25, -0.2) is 0 Å². The van der Waals surface area contributed by atoms with Crippen LogP contribution in [0, 0.1) is 5.92 Å². The van der Waals surface area contributed by atoms with Gasteiger partial charge in [-0.2, -0.15) is 0 Å². The van der Waals surface area contributed by atoms with Gasteiger partial charge < -0.3 is 4.90 Å². The lowest BCUT2D eigenvalue weighted by Gasteiger charge is -2.28.